The van der Waals surface area contributed by atoms with E-state index in [0.29, 0.717) is 11.3 Å². The first-order valence-corrected chi connectivity index (χ1v) is 7.71. The van der Waals surface area contributed by atoms with Crippen LogP contribution in [0.2, 0.25) is 0 Å². The summed E-state index contributed by atoms with van der Waals surface area (Å²) >= 11 is 2.17. The van der Waals surface area contributed by atoms with Gasteiger partial charge < -0.3 is 4.74 Å². The molecule has 104 valence electrons. The van der Waals surface area contributed by atoms with Gasteiger partial charge in [-0.05, 0) is 51.6 Å². The number of ether oxygens (including phenoxy) is 1. The van der Waals surface area contributed by atoms with Crippen molar-refractivity contribution in [2.75, 3.05) is 6.61 Å². The van der Waals surface area contributed by atoms with Gasteiger partial charge in [-0.1, -0.05) is 48.5 Å². The Kier molecular flexibility index (Phi) is 4.20. The Balaban J connectivity index is 1.74. The van der Waals surface area contributed by atoms with Crippen LogP contribution in [-0.2, 0) is 0 Å². The van der Waals surface area contributed by atoms with Crippen molar-refractivity contribution in [2.24, 2.45) is 0 Å². The summed E-state index contributed by atoms with van der Waals surface area (Å²) in [6.45, 7) is 0.0539. The second-order valence-electron chi connectivity index (χ2n) is 4.70. The third kappa shape index (κ3) is 3.24. The quantitative estimate of drug-likeness (QED) is 0.478. The Morgan fingerprint density at radius 3 is 2.43 bits per heavy atom. The van der Waals surface area contributed by atoms with Crippen LogP contribution in [-0.4, -0.2) is 12.4 Å². The minimum atomic E-state index is -0.00633. The number of halogens is 1. The van der Waals surface area contributed by atoms with Crippen LogP contribution in [0.5, 0.6) is 5.75 Å². The van der Waals surface area contributed by atoms with Crippen molar-refractivity contribution < 1.29 is 9.53 Å². The Labute approximate surface area is 136 Å². The normalized spacial score (nSPS) is 10.5. The molecular weight excluding hydrogens is 375 g/mol. The largest absolute Gasteiger partial charge is 0.485 e. The highest BCUT2D eigenvalue weighted by molar-refractivity contribution is 14.1. The number of Topliss-reactive ketones (excluding diaryl/α,β-unsaturated/α-hetero) is 1. The number of ketones is 1. The zero-order valence-electron chi connectivity index (χ0n) is 11.3. The van der Waals surface area contributed by atoms with Crippen LogP contribution in [0.15, 0.2) is 66.7 Å². The van der Waals surface area contributed by atoms with E-state index < -0.39 is 0 Å². The van der Waals surface area contributed by atoms with E-state index in [1.165, 1.54) is 0 Å². The average Bonchev–Trinajstić information content (AvgIpc) is 2.53. The lowest BCUT2D eigenvalue weighted by Crippen LogP contribution is -2.12. The second-order valence-corrected chi connectivity index (χ2v) is 5.86. The highest BCUT2D eigenvalue weighted by atomic mass is 127. The summed E-state index contributed by atoms with van der Waals surface area (Å²) in [6.07, 6.45) is 0. The Morgan fingerprint density at radius 1 is 0.905 bits per heavy atom. The lowest BCUT2D eigenvalue weighted by Gasteiger charge is -2.08. The van der Waals surface area contributed by atoms with Crippen molar-refractivity contribution in [1.29, 1.82) is 0 Å². The number of rotatable bonds is 4. The van der Waals surface area contributed by atoms with Crippen molar-refractivity contribution >= 4 is 39.1 Å². The van der Waals surface area contributed by atoms with Gasteiger partial charge in [-0.2, -0.15) is 0 Å². The Morgan fingerprint density at radius 2 is 1.62 bits per heavy atom. The van der Waals surface area contributed by atoms with Crippen LogP contribution in [0.25, 0.3) is 10.8 Å². The molecule has 0 atom stereocenters. The molecule has 0 heterocycles. The molecule has 0 aromatic heterocycles. The van der Waals surface area contributed by atoms with Crippen LogP contribution in [0.3, 0.4) is 0 Å². The van der Waals surface area contributed by atoms with E-state index in [9.17, 15) is 4.79 Å². The van der Waals surface area contributed by atoms with Gasteiger partial charge in [-0.15, -0.1) is 0 Å². The maximum absolute atomic E-state index is 12.2. The standard InChI is InChI=1S/C18H13IO2/c19-17-8-4-3-7-16(17)18(20)12-21-15-10-9-13-5-1-2-6-14(13)11-15/h1-11H,12H2. The molecule has 0 spiro atoms. The van der Waals surface area contributed by atoms with Crippen LogP contribution in [0.4, 0.5) is 0 Å². The van der Waals surface area contributed by atoms with E-state index in [4.69, 9.17) is 4.74 Å². The van der Waals surface area contributed by atoms with Gasteiger partial charge in [0.15, 0.2) is 6.61 Å². The van der Waals surface area contributed by atoms with Gasteiger partial charge >= 0.3 is 0 Å². The maximum Gasteiger partial charge on any atom is 0.201 e. The molecule has 0 saturated carbocycles. The molecule has 2 nitrogen and oxygen atoms in total. The number of fused-ring (bicyclic) bond motifs is 1. The molecule has 0 saturated heterocycles. The van der Waals surface area contributed by atoms with Crippen molar-refractivity contribution in [2.45, 2.75) is 0 Å². The highest BCUT2D eigenvalue weighted by Crippen LogP contribution is 2.21. The summed E-state index contributed by atoms with van der Waals surface area (Å²) in [5.41, 5.74) is 0.707. The summed E-state index contributed by atoms with van der Waals surface area (Å²) in [5, 5.41) is 2.27. The van der Waals surface area contributed by atoms with E-state index in [1.54, 1.807) is 0 Å². The summed E-state index contributed by atoms with van der Waals surface area (Å²) in [4.78, 5) is 12.2. The van der Waals surface area contributed by atoms with Crippen LogP contribution in [0.1, 0.15) is 10.4 Å². The van der Waals surface area contributed by atoms with Crippen molar-refractivity contribution in [3.8, 4) is 5.75 Å². The monoisotopic (exact) mass is 388 g/mol. The lowest BCUT2D eigenvalue weighted by atomic mass is 10.1. The van der Waals surface area contributed by atoms with Crippen LogP contribution >= 0.6 is 22.6 Å². The molecule has 0 radical (unpaired) electrons. The van der Waals surface area contributed by atoms with Crippen LogP contribution < -0.4 is 4.74 Å². The maximum atomic E-state index is 12.2. The summed E-state index contributed by atoms with van der Waals surface area (Å²) in [5.74, 6) is 0.709. The SMILES string of the molecule is O=C(COc1ccc2ccccc2c1)c1ccccc1I. The second kappa shape index (κ2) is 6.26. The molecule has 0 bridgehead atoms. The van der Waals surface area contributed by atoms with Crippen LogP contribution in [0, 0.1) is 3.57 Å². The zero-order chi connectivity index (χ0) is 14.7. The lowest BCUT2D eigenvalue weighted by molar-refractivity contribution is 0.0920. The number of hydrogen-bond donors (Lipinski definition) is 0. The predicted molar refractivity (Wildman–Crippen MR) is 92.9 cm³/mol. The van der Waals surface area contributed by atoms with Crippen molar-refractivity contribution in [3.05, 3.63) is 75.9 Å². The minimum absolute atomic E-state index is 0.00633. The van der Waals surface area contributed by atoms with E-state index in [1.807, 2.05) is 60.7 Å². The van der Waals surface area contributed by atoms with Gasteiger partial charge in [0.05, 0.1) is 0 Å². The number of benzene rings is 3. The van der Waals surface area contributed by atoms with E-state index >= 15 is 0 Å². The van der Waals surface area contributed by atoms with Gasteiger partial charge in [-0.3, -0.25) is 4.79 Å². The van der Waals surface area contributed by atoms with Crippen molar-refractivity contribution in [3.63, 3.8) is 0 Å². The fourth-order valence-corrected chi connectivity index (χ4v) is 2.86. The summed E-state index contributed by atoms with van der Waals surface area (Å²) < 4.78 is 6.58. The number of hydrogen-bond acceptors (Lipinski definition) is 2. The number of carbonyl (C=O) groups is 1. The Bertz CT molecular complexity index is 796. The third-order valence-corrected chi connectivity index (χ3v) is 4.21. The molecular formula is C18H13IO2. The predicted octanol–water partition coefficient (Wildman–Crippen LogP) is 4.71. The molecule has 0 fully saturated rings. The first-order chi connectivity index (χ1) is 10.2. The Hall–Kier alpha value is -1.88. The molecule has 0 aliphatic rings. The molecule has 0 amide bonds. The first-order valence-electron chi connectivity index (χ1n) is 6.63. The topological polar surface area (TPSA) is 26.3 Å². The smallest absolute Gasteiger partial charge is 0.201 e. The average molecular weight is 388 g/mol. The van der Waals surface area contributed by atoms with Gasteiger partial charge in [0.1, 0.15) is 5.75 Å². The molecule has 3 heteroatoms. The highest BCUT2D eigenvalue weighted by Gasteiger charge is 2.10. The van der Waals surface area contributed by atoms with E-state index in [2.05, 4.69) is 28.7 Å². The number of carbonyl (C=O) groups excluding carboxylic acids is 1. The minimum Gasteiger partial charge on any atom is -0.485 e. The molecule has 3 rings (SSSR count). The molecule has 0 aliphatic carbocycles. The summed E-state index contributed by atoms with van der Waals surface area (Å²) in [7, 11) is 0. The molecule has 3 aromatic rings. The molecule has 0 N–H and O–H groups in total. The third-order valence-electron chi connectivity index (χ3n) is 3.27. The zero-order valence-corrected chi connectivity index (χ0v) is 13.4. The molecule has 3 aromatic carbocycles. The summed E-state index contributed by atoms with van der Waals surface area (Å²) in [6, 6.07) is 21.5. The first kappa shape index (κ1) is 14.1. The fraction of sp³-hybridized carbons (Fsp3) is 0.0556. The fourth-order valence-electron chi connectivity index (χ4n) is 2.17. The van der Waals surface area contributed by atoms with Gasteiger partial charge in [0.2, 0.25) is 5.78 Å². The molecule has 0 aliphatic heterocycles. The van der Waals surface area contributed by atoms with Gasteiger partial charge in [0.25, 0.3) is 0 Å². The molecule has 0 unspecified atom stereocenters. The van der Waals surface area contributed by atoms with Gasteiger partial charge in [0, 0.05) is 9.13 Å². The molecule has 21 heavy (non-hydrogen) atoms. The van der Waals surface area contributed by atoms with Crippen molar-refractivity contribution in [1.82, 2.24) is 0 Å². The van der Waals surface area contributed by atoms with E-state index in [0.717, 1.165) is 14.3 Å². The van der Waals surface area contributed by atoms with Gasteiger partial charge in [-0.25, -0.2) is 0 Å². The van der Waals surface area contributed by atoms with E-state index in [-0.39, 0.29) is 12.4 Å².